The number of hydrogen-bond donors (Lipinski definition) is 2. The van der Waals surface area contributed by atoms with Crippen LogP contribution in [-0.2, 0) is 0 Å². The lowest BCUT2D eigenvalue weighted by Crippen LogP contribution is -2.24. The fourth-order valence-electron chi connectivity index (χ4n) is 1.70. The van der Waals surface area contributed by atoms with Crippen molar-refractivity contribution in [2.24, 2.45) is 5.10 Å². The van der Waals surface area contributed by atoms with Crippen molar-refractivity contribution in [1.82, 2.24) is 5.43 Å². The summed E-state index contributed by atoms with van der Waals surface area (Å²) in [6.07, 6.45) is 1.62. The standard InChI is InChI=1S/C15H12Cl3N3S/c1-9-3-2-4-12(17)11(9)8-19-21-15(22)20-14-6-5-10(16)7-13(14)18/h2-8H,1H3,(H2,20,21,22). The fourth-order valence-corrected chi connectivity index (χ4v) is 2.59. The molecular formula is C15H12Cl3N3S. The maximum atomic E-state index is 6.11. The maximum Gasteiger partial charge on any atom is 0.191 e. The van der Waals surface area contributed by atoms with E-state index in [0.717, 1.165) is 11.1 Å². The molecule has 0 unspecified atom stereocenters. The summed E-state index contributed by atoms with van der Waals surface area (Å²) in [6.45, 7) is 1.96. The average molecular weight is 373 g/mol. The summed E-state index contributed by atoms with van der Waals surface area (Å²) in [4.78, 5) is 0. The molecule has 0 heterocycles. The molecule has 0 aliphatic rings. The molecule has 2 rings (SSSR count). The number of halogens is 3. The topological polar surface area (TPSA) is 36.4 Å². The van der Waals surface area contributed by atoms with Crippen molar-refractivity contribution < 1.29 is 0 Å². The number of thiocarbonyl (C=S) groups is 1. The smallest absolute Gasteiger partial charge is 0.191 e. The fraction of sp³-hybridized carbons (Fsp3) is 0.0667. The van der Waals surface area contributed by atoms with Crippen LogP contribution in [0.5, 0.6) is 0 Å². The van der Waals surface area contributed by atoms with Gasteiger partial charge in [-0.05, 0) is 49.0 Å². The molecule has 2 aromatic carbocycles. The van der Waals surface area contributed by atoms with Crippen molar-refractivity contribution in [2.75, 3.05) is 5.32 Å². The first-order valence-corrected chi connectivity index (χ1v) is 7.82. The second-order valence-electron chi connectivity index (χ2n) is 4.42. The van der Waals surface area contributed by atoms with Gasteiger partial charge in [-0.15, -0.1) is 0 Å². The predicted molar refractivity (Wildman–Crippen MR) is 99.6 cm³/mol. The Balaban J connectivity index is 1.99. The van der Waals surface area contributed by atoms with Crippen LogP contribution in [0.2, 0.25) is 15.1 Å². The lowest BCUT2D eigenvalue weighted by Gasteiger charge is -2.09. The normalized spacial score (nSPS) is 10.7. The summed E-state index contributed by atoms with van der Waals surface area (Å²) in [5, 5.41) is 8.98. The van der Waals surface area contributed by atoms with Crippen LogP contribution in [0.15, 0.2) is 41.5 Å². The minimum absolute atomic E-state index is 0.310. The maximum absolute atomic E-state index is 6.11. The Labute approximate surface area is 149 Å². The molecule has 0 atom stereocenters. The van der Waals surface area contributed by atoms with Gasteiger partial charge in [0, 0.05) is 15.6 Å². The minimum Gasteiger partial charge on any atom is -0.330 e. The highest BCUT2D eigenvalue weighted by atomic mass is 35.5. The molecule has 0 fully saturated rings. The lowest BCUT2D eigenvalue weighted by molar-refractivity contribution is 1.05. The largest absolute Gasteiger partial charge is 0.330 e. The molecule has 114 valence electrons. The average Bonchev–Trinajstić information content (AvgIpc) is 2.45. The summed E-state index contributed by atoms with van der Waals surface area (Å²) < 4.78 is 0. The van der Waals surface area contributed by atoms with E-state index in [-0.39, 0.29) is 0 Å². The SMILES string of the molecule is Cc1cccc(Cl)c1C=NNC(=S)Nc1ccc(Cl)cc1Cl. The van der Waals surface area contributed by atoms with Gasteiger partial charge in [0.05, 0.1) is 16.9 Å². The van der Waals surface area contributed by atoms with Gasteiger partial charge in [0.15, 0.2) is 5.11 Å². The summed E-state index contributed by atoms with van der Waals surface area (Å²) in [5.74, 6) is 0. The Kier molecular flexibility index (Phi) is 6.03. The van der Waals surface area contributed by atoms with Gasteiger partial charge >= 0.3 is 0 Å². The minimum atomic E-state index is 0.310. The summed E-state index contributed by atoms with van der Waals surface area (Å²) in [7, 11) is 0. The van der Waals surface area contributed by atoms with E-state index in [1.165, 1.54) is 0 Å². The Morgan fingerprint density at radius 2 is 1.91 bits per heavy atom. The molecule has 0 saturated carbocycles. The third kappa shape index (κ3) is 4.58. The first-order chi connectivity index (χ1) is 10.5. The van der Waals surface area contributed by atoms with E-state index >= 15 is 0 Å². The van der Waals surface area contributed by atoms with Crippen molar-refractivity contribution in [3.63, 3.8) is 0 Å². The number of anilines is 1. The zero-order valence-electron chi connectivity index (χ0n) is 11.5. The van der Waals surface area contributed by atoms with Crippen LogP contribution in [0.25, 0.3) is 0 Å². The third-order valence-electron chi connectivity index (χ3n) is 2.81. The monoisotopic (exact) mass is 371 g/mol. The molecule has 0 saturated heterocycles. The first kappa shape index (κ1) is 17.0. The van der Waals surface area contributed by atoms with E-state index in [9.17, 15) is 0 Å². The number of nitrogens with one attached hydrogen (secondary N) is 2. The van der Waals surface area contributed by atoms with Crippen LogP contribution < -0.4 is 10.7 Å². The van der Waals surface area contributed by atoms with Gasteiger partial charge in [0.2, 0.25) is 0 Å². The van der Waals surface area contributed by atoms with Gasteiger partial charge in [-0.2, -0.15) is 5.10 Å². The van der Waals surface area contributed by atoms with E-state index in [2.05, 4.69) is 15.8 Å². The zero-order valence-corrected chi connectivity index (χ0v) is 14.6. The van der Waals surface area contributed by atoms with Gasteiger partial charge in [-0.3, -0.25) is 5.43 Å². The van der Waals surface area contributed by atoms with Gasteiger partial charge in [-0.25, -0.2) is 0 Å². The van der Waals surface area contributed by atoms with Crippen molar-refractivity contribution >= 4 is 64.0 Å². The van der Waals surface area contributed by atoms with Crippen LogP contribution >= 0.6 is 47.0 Å². The van der Waals surface area contributed by atoms with E-state index < -0.39 is 0 Å². The highest BCUT2D eigenvalue weighted by Gasteiger charge is 2.03. The van der Waals surface area contributed by atoms with Crippen LogP contribution in [0.3, 0.4) is 0 Å². The number of rotatable bonds is 3. The Morgan fingerprint density at radius 1 is 1.14 bits per heavy atom. The number of aryl methyl sites for hydroxylation is 1. The second-order valence-corrected chi connectivity index (χ2v) is 6.08. The Bertz CT molecular complexity index is 712. The van der Waals surface area contributed by atoms with E-state index in [1.54, 1.807) is 30.5 Å². The molecule has 3 nitrogen and oxygen atoms in total. The number of hydrogen-bond acceptors (Lipinski definition) is 2. The molecule has 0 aliphatic carbocycles. The number of nitrogens with zero attached hydrogens (tertiary/aromatic N) is 1. The number of hydrazone groups is 1. The predicted octanol–water partition coefficient (Wildman–Crippen LogP) is 5.28. The molecule has 0 aliphatic heterocycles. The summed E-state index contributed by atoms with van der Waals surface area (Å²) >= 11 is 23.2. The second kappa shape index (κ2) is 7.79. The Hall–Kier alpha value is -1.33. The first-order valence-electron chi connectivity index (χ1n) is 6.27. The molecule has 0 radical (unpaired) electrons. The third-order valence-corrected chi connectivity index (χ3v) is 3.88. The zero-order chi connectivity index (χ0) is 16.1. The molecule has 0 amide bonds. The highest BCUT2D eigenvalue weighted by molar-refractivity contribution is 7.80. The van der Waals surface area contributed by atoms with E-state index in [0.29, 0.717) is 25.9 Å². The van der Waals surface area contributed by atoms with Gasteiger partial charge in [0.1, 0.15) is 0 Å². The molecule has 2 aromatic rings. The molecule has 7 heteroatoms. The van der Waals surface area contributed by atoms with Crippen molar-refractivity contribution in [3.8, 4) is 0 Å². The van der Waals surface area contributed by atoms with Crippen molar-refractivity contribution in [1.29, 1.82) is 0 Å². The van der Waals surface area contributed by atoms with Gasteiger partial charge in [-0.1, -0.05) is 46.9 Å². The van der Waals surface area contributed by atoms with Crippen molar-refractivity contribution in [3.05, 3.63) is 62.6 Å². The highest BCUT2D eigenvalue weighted by Crippen LogP contribution is 2.25. The van der Waals surface area contributed by atoms with Gasteiger partial charge < -0.3 is 5.32 Å². The van der Waals surface area contributed by atoms with Crippen LogP contribution in [0.1, 0.15) is 11.1 Å². The molecular weight excluding hydrogens is 361 g/mol. The quantitative estimate of drug-likeness (QED) is 0.437. The molecule has 22 heavy (non-hydrogen) atoms. The summed E-state index contributed by atoms with van der Waals surface area (Å²) in [6, 6.07) is 10.7. The molecule has 0 bridgehead atoms. The summed E-state index contributed by atoms with van der Waals surface area (Å²) in [5.41, 5.74) is 5.22. The van der Waals surface area contributed by atoms with Crippen LogP contribution in [0, 0.1) is 6.92 Å². The van der Waals surface area contributed by atoms with E-state index in [1.807, 2.05) is 19.1 Å². The van der Waals surface area contributed by atoms with Gasteiger partial charge in [0.25, 0.3) is 0 Å². The number of benzene rings is 2. The van der Waals surface area contributed by atoms with Crippen LogP contribution in [-0.4, -0.2) is 11.3 Å². The van der Waals surface area contributed by atoms with E-state index in [4.69, 9.17) is 47.0 Å². The molecule has 0 spiro atoms. The molecule has 2 N–H and O–H groups in total. The van der Waals surface area contributed by atoms with Crippen LogP contribution in [0.4, 0.5) is 5.69 Å². The van der Waals surface area contributed by atoms with Crippen molar-refractivity contribution in [2.45, 2.75) is 6.92 Å². The molecule has 0 aromatic heterocycles. The Morgan fingerprint density at radius 3 is 2.59 bits per heavy atom. The lowest BCUT2D eigenvalue weighted by atomic mass is 10.1.